The molecule has 1 nitrogen and oxygen atoms in total. The Morgan fingerprint density at radius 2 is 2.09 bits per heavy atom. The predicted molar refractivity (Wildman–Crippen MR) is 51.7 cm³/mol. The summed E-state index contributed by atoms with van der Waals surface area (Å²) in [6.45, 7) is 10.6. The van der Waals surface area contributed by atoms with E-state index in [-0.39, 0.29) is 0 Å². The van der Waals surface area contributed by atoms with E-state index in [1.807, 2.05) is 12.2 Å². The first-order valence-electron chi connectivity index (χ1n) is 4.20. The van der Waals surface area contributed by atoms with Gasteiger partial charge in [-0.3, -0.25) is 4.90 Å². The van der Waals surface area contributed by atoms with Gasteiger partial charge in [-0.1, -0.05) is 25.5 Å². The van der Waals surface area contributed by atoms with Crippen molar-refractivity contribution in [2.75, 3.05) is 13.6 Å². The Labute approximate surface area is 70.4 Å². The maximum atomic E-state index is 3.81. The maximum Gasteiger partial charge on any atom is 0.0275 e. The van der Waals surface area contributed by atoms with Gasteiger partial charge in [-0.2, -0.15) is 0 Å². The van der Waals surface area contributed by atoms with E-state index < -0.39 is 0 Å². The third-order valence-electron chi connectivity index (χ3n) is 1.84. The Morgan fingerprint density at radius 3 is 2.45 bits per heavy atom. The lowest BCUT2D eigenvalue weighted by Crippen LogP contribution is -2.29. The molecular weight excluding hydrogens is 134 g/mol. The summed E-state index contributed by atoms with van der Waals surface area (Å²) < 4.78 is 0. The van der Waals surface area contributed by atoms with Crippen molar-refractivity contribution < 1.29 is 0 Å². The van der Waals surface area contributed by atoms with E-state index in [9.17, 15) is 0 Å². The SMILES string of the molecule is C=CCN(C)C(C=C)CCC. The van der Waals surface area contributed by atoms with Gasteiger partial charge in [-0.25, -0.2) is 0 Å². The second-order valence-electron chi connectivity index (χ2n) is 2.82. The molecule has 0 N–H and O–H groups in total. The normalized spacial score (nSPS) is 13.0. The zero-order valence-electron chi connectivity index (χ0n) is 7.71. The van der Waals surface area contributed by atoms with E-state index in [2.05, 4.69) is 32.0 Å². The highest BCUT2D eigenvalue weighted by molar-refractivity contribution is 4.88. The number of hydrogen-bond acceptors (Lipinski definition) is 1. The second-order valence-corrected chi connectivity index (χ2v) is 2.82. The summed E-state index contributed by atoms with van der Waals surface area (Å²) in [5.41, 5.74) is 0. The summed E-state index contributed by atoms with van der Waals surface area (Å²) in [5, 5.41) is 0. The number of hydrogen-bond donors (Lipinski definition) is 0. The van der Waals surface area contributed by atoms with Crippen molar-refractivity contribution in [3.63, 3.8) is 0 Å². The van der Waals surface area contributed by atoms with Crippen LogP contribution in [0.4, 0.5) is 0 Å². The molecule has 0 aliphatic rings. The van der Waals surface area contributed by atoms with Crippen molar-refractivity contribution in [3.05, 3.63) is 25.3 Å². The zero-order chi connectivity index (χ0) is 8.69. The molecule has 0 saturated carbocycles. The minimum absolute atomic E-state index is 0.512. The fourth-order valence-corrected chi connectivity index (χ4v) is 1.15. The van der Waals surface area contributed by atoms with Crippen molar-refractivity contribution in [3.8, 4) is 0 Å². The van der Waals surface area contributed by atoms with E-state index in [4.69, 9.17) is 0 Å². The summed E-state index contributed by atoms with van der Waals surface area (Å²) in [4.78, 5) is 2.25. The van der Waals surface area contributed by atoms with E-state index in [1.165, 1.54) is 12.8 Å². The van der Waals surface area contributed by atoms with E-state index in [0.717, 1.165) is 6.54 Å². The van der Waals surface area contributed by atoms with Crippen LogP contribution in [0.2, 0.25) is 0 Å². The summed E-state index contributed by atoms with van der Waals surface area (Å²) in [6.07, 6.45) is 6.32. The first kappa shape index (κ1) is 10.4. The lowest BCUT2D eigenvalue weighted by molar-refractivity contribution is 0.296. The highest BCUT2D eigenvalue weighted by Crippen LogP contribution is 2.05. The molecule has 0 fully saturated rings. The van der Waals surface area contributed by atoms with Gasteiger partial charge in [0.15, 0.2) is 0 Å². The van der Waals surface area contributed by atoms with Gasteiger partial charge in [0.1, 0.15) is 0 Å². The van der Waals surface area contributed by atoms with Gasteiger partial charge in [0, 0.05) is 12.6 Å². The fraction of sp³-hybridized carbons (Fsp3) is 0.600. The Hall–Kier alpha value is -0.560. The molecule has 0 rings (SSSR count). The highest BCUT2D eigenvalue weighted by atomic mass is 15.1. The third kappa shape index (κ3) is 3.99. The molecule has 0 saturated heterocycles. The molecule has 1 atom stereocenters. The maximum absolute atomic E-state index is 3.81. The molecule has 0 aliphatic carbocycles. The van der Waals surface area contributed by atoms with E-state index >= 15 is 0 Å². The topological polar surface area (TPSA) is 3.24 Å². The van der Waals surface area contributed by atoms with Crippen molar-refractivity contribution in [2.24, 2.45) is 0 Å². The van der Waals surface area contributed by atoms with Crippen LogP contribution in [0, 0.1) is 0 Å². The first-order chi connectivity index (χ1) is 5.26. The summed E-state index contributed by atoms with van der Waals surface area (Å²) in [7, 11) is 2.10. The highest BCUT2D eigenvalue weighted by Gasteiger charge is 2.06. The van der Waals surface area contributed by atoms with Crippen LogP contribution >= 0.6 is 0 Å². The molecule has 1 heteroatoms. The predicted octanol–water partition coefficient (Wildman–Crippen LogP) is 2.46. The number of rotatable bonds is 6. The lowest BCUT2D eigenvalue weighted by atomic mass is 10.1. The molecule has 1 unspecified atom stereocenters. The third-order valence-corrected chi connectivity index (χ3v) is 1.84. The second kappa shape index (κ2) is 6.17. The van der Waals surface area contributed by atoms with Crippen LogP contribution < -0.4 is 0 Å². The van der Waals surface area contributed by atoms with Crippen LogP contribution in [0.3, 0.4) is 0 Å². The molecule has 0 aromatic heterocycles. The standard InChI is InChI=1S/C10H19N/c1-5-8-10(7-3)11(4)9-6-2/h6-7,10H,2-3,5,8-9H2,1,4H3. The molecule has 64 valence electrons. The van der Waals surface area contributed by atoms with Crippen LogP contribution in [0.1, 0.15) is 19.8 Å². The molecule has 0 aromatic carbocycles. The molecule has 0 heterocycles. The monoisotopic (exact) mass is 153 g/mol. The Morgan fingerprint density at radius 1 is 1.45 bits per heavy atom. The molecule has 0 aromatic rings. The molecule has 0 radical (unpaired) electrons. The quantitative estimate of drug-likeness (QED) is 0.530. The Kier molecular flexibility index (Phi) is 5.86. The van der Waals surface area contributed by atoms with Crippen LogP contribution in [0.5, 0.6) is 0 Å². The minimum Gasteiger partial charge on any atom is -0.296 e. The minimum atomic E-state index is 0.512. The van der Waals surface area contributed by atoms with Gasteiger partial charge >= 0.3 is 0 Å². The molecule has 11 heavy (non-hydrogen) atoms. The number of nitrogens with zero attached hydrogens (tertiary/aromatic N) is 1. The van der Waals surface area contributed by atoms with Gasteiger partial charge in [0.05, 0.1) is 0 Å². The van der Waals surface area contributed by atoms with Gasteiger partial charge in [0.25, 0.3) is 0 Å². The van der Waals surface area contributed by atoms with Crippen LogP contribution in [0.15, 0.2) is 25.3 Å². The van der Waals surface area contributed by atoms with Crippen molar-refractivity contribution in [1.29, 1.82) is 0 Å². The molecular formula is C10H19N. The van der Waals surface area contributed by atoms with Crippen molar-refractivity contribution in [1.82, 2.24) is 4.90 Å². The first-order valence-corrected chi connectivity index (χ1v) is 4.20. The zero-order valence-corrected chi connectivity index (χ0v) is 7.71. The molecule has 0 spiro atoms. The van der Waals surface area contributed by atoms with Gasteiger partial charge in [0.2, 0.25) is 0 Å². The summed E-state index contributed by atoms with van der Waals surface area (Å²) in [6, 6.07) is 0.512. The Balaban J connectivity index is 3.79. The number of likely N-dealkylation sites (N-methyl/N-ethyl adjacent to an activating group) is 1. The Bertz CT molecular complexity index is 118. The van der Waals surface area contributed by atoms with Gasteiger partial charge in [-0.15, -0.1) is 13.2 Å². The molecule has 0 bridgehead atoms. The largest absolute Gasteiger partial charge is 0.296 e. The summed E-state index contributed by atoms with van der Waals surface area (Å²) in [5.74, 6) is 0. The molecule has 0 aliphatic heterocycles. The van der Waals surface area contributed by atoms with Crippen LogP contribution in [0.25, 0.3) is 0 Å². The van der Waals surface area contributed by atoms with Gasteiger partial charge < -0.3 is 0 Å². The van der Waals surface area contributed by atoms with E-state index in [0.29, 0.717) is 6.04 Å². The summed E-state index contributed by atoms with van der Waals surface area (Å²) >= 11 is 0. The van der Waals surface area contributed by atoms with Crippen molar-refractivity contribution in [2.45, 2.75) is 25.8 Å². The van der Waals surface area contributed by atoms with E-state index in [1.54, 1.807) is 0 Å². The average Bonchev–Trinajstić information content (AvgIpc) is 2.00. The lowest BCUT2D eigenvalue weighted by Gasteiger charge is -2.23. The van der Waals surface area contributed by atoms with Crippen LogP contribution in [-0.4, -0.2) is 24.5 Å². The fourth-order valence-electron chi connectivity index (χ4n) is 1.15. The smallest absolute Gasteiger partial charge is 0.0275 e. The van der Waals surface area contributed by atoms with Crippen molar-refractivity contribution >= 4 is 0 Å². The average molecular weight is 153 g/mol. The molecule has 0 amide bonds. The van der Waals surface area contributed by atoms with Gasteiger partial charge in [-0.05, 0) is 13.5 Å². The van der Waals surface area contributed by atoms with Crippen LogP contribution in [-0.2, 0) is 0 Å².